The second-order valence-electron chi connectivity index (χ2n) is 6.11. The third-order valence-corrected chi connectivity index (χ3v) is 4.53. The Kier molecular flexibility index (Phi) is 4.81. The molecule has 0 aliphatic carbocycles. The van der Waals surface area contributed by atoms with Gasteiger partial charge in [-0.3, -0.25) is 0 Å². The summed E-state index contributed by atoms with van der Waals surface area (Å²) < 4.78 is 16.1. The maximum absolute atomic E-state index is 11.8. The average molecular weight is 352 g/mol. The van der Waals surface area contributed by atoms with Gasteiger partial charge in [0.25, 0.3) is 0 Å². The Morgan fingerprint density at radius 2 is 1.80 bits per heavy atom. The maximum Gasteiger partial charge on any atom is 0.339 e. The van der Waals surface area contributed by atoms with E-state index < -0.39 is 42.9 Å². The van der Waals surface area contributed by atoms with Gasteiger partial charge in [0, 0.05) is 17.0 Å². The summed E-state index contributed by atoms with van der Waals surface area (Å²) >= 11 is 0. The molecule has 0 spiro atoms. The van der Waals surface area contributed by atoms with Gasteiger partial charge < -0.3 is 34.3 Å². The predicted molar refractivity (Wildman–Crippen MR) is 86.4 cm³/mol. The van der Waals surface area contributed by atoms with Crippen molar-refractivity contribution >= 4 is 11.0 Å². The molecule has 8 nitrogen and oxygen atoms in total. The molecular weight excluding hydrogens is 332 g/mol. The van der Waals surface area contributed by atoms with Gasteiger partial charge in [-0.1, -0.05) is 0 Å². The first-order valence-corrected chi connectivity index (χ1v) is 7.84. The fourth-order valence-corrected chi connectivity index (χ4v) is 2.80. The van der Waals surface area contributed by atoms with E-state index >= 15 is 0 Å². The number of fused-ring (bicyclic) bond motifs is 1. The van der Waals surface area contributed by atoms with E-state index in [-0.39, 0.29) is 5.75 Å². The number of ether oxygens (including phenoxy) is 2. The minimum absolute atomic E-state index is 0.239. The minimum atomic E-state index is -1.53. The third-order valence-electron chi connectivity index (χ3n) is 4.53. The molecule has 1 fully saturated rings. The van der Waals surface area contributed by atoms with Crippen molar-refractivity contribution in [3.05, 3.63) is 39.7 Å². The second-order valence-corrected chi connectivity index (χ2v) is 6.11. The molecular formula is C17H20O8. The van der Waals surface area contributed by atoms with Crippen LogP contribution in [0.3, 0.4) is 0 Å². The van der Waals surface area contributed by atoms with Crippen LogP contribution in [0.5, 0.6) is 5.75 Å². The molecule has 0 bridgehead atoms. The Balaban J connectivity index is 1.90. The standard InChI is InChI=1S/C17H20O8/c1-7-8(2)16(22)24-11-5-9(3-4-10(7)11)23-17-15(21)14(20)13(19)12(6-18)25-17/h3-5,12-15,17-21H,6H2,1-2H3/t12-,13-,14+,15-,17-/m1/s1. The van der Waals surface area contributed by atoms with Crippen molar-refractivity contribution in [1.29, 1.82) is 0 Å². The monoisotopic (exact) mass is 352 g/mol. The van der Waals surface area contributed by atoms with Gasteiger partial charge in [-0.15, -0.1) is 0 Å². The summed E-state index contributed by atoms with van der Waals surface area (Å²) in [5, 5.41) is 39.5. The predicted octanol–water partition coefficient (Wildman–Crippen LogP) is -0.411. The lowest BCUT2D eigenvalue weighted by Crippen LogP contribution is -2.60. The van der Waals surface area contributed by atoms with Crippen LogP contribution in [0.25, 0.3) is 11.0 Å². The Labute approximate surface area is 142 Å². The van der Waals surface area contributed by atoms with Gasteiger partial charge in [0.05, 0.1) is 6.61 Å². The molecule has 5 atom stereocenters. The van der Waals surface area contributed by atoms with Gasteiger partial charge >= 0.3 is 5.63 Å². The van der Waals surface area contributed by atoms with Crippen molar-refractivity contribution in [3.8, 4) is 5.75 Å². The molecule has 0 saturated carbocycles. The average Bonchev–Trinajstić information content (AvgIpc) is 2.60. The molecule has 2 heterocycles. The fraction of sp³-hybridized carbons (Fsp3) is 0.471. The number of hydrogen-bond acceptors (Lipinski definition) is 8. The summed E-state index contributed by atoms with van der Waals surface area (Å²) in [7, 11) is 0. The molecule has 8 heteroatoms. The molecule has 4 N–H and O–H groups in total. The second kappa shape index (κ2) is 6.74. The van der Waals surface area contributed by atoms with Gasteiger partial charge in [-0.25, -0.2) is 4.79 Å². The smallest absolute Gasteiger partial charge is 0.339 e. The van der Waals surface area contributed by atoms with E-state index in [2.05, 4.69) is 0 Å². The summed E-state index contributed by atoms with van der Waals surface area (Å²) in [5.74, 6) is 0.239. The van der Waals surface area contributed by atoms with E-state index in [1.807, 2.05) is 6.92 Å². The maximum atomic E-state index is 11.8. The van der Waals surface area contributed by atoms with Gasteiger partial charge in [0.1, 0.15) is 35.7 Å². The zero-order valence-corrected chi connectivity index (χ0v) is 13.7. The molecule has 0 radical (unpaired) electrons. The van der Waals surface area contributed by atoms with E-state index in [1.165, 1.54) is 6.07 Å². The zero-order valence-electron chi connectivity index (χ0n) is 13.7. The number of rotatable bonds is 3. The van der Waals surface area contributed by atoms with E-state index in [0.717, 1.165) is 10.9 Å². The van der Waals surface area contributed by atoms with Crippen LogP contribution in [0.1, 0.15) is 11.1 Å². The highest BCUT2D eigenvalue weighted by molar-refractivity contribution is 5.82. The Morgan fingerprint density at radius 3 is 2.48 bits per heavy atom. The number of benzene rings is 1. The van der Waals surface area contributed by atoms with Crippen LogP contribution in [-0.2, 0) is 4.74 Å². The molecule has 0 amide bonds. The van der Waals surface area contributed by atoms with Crippen molar-refractivity contribution < 1.29 is 34.3 Å². The molecule has 3 rings (SSSR count). The van der Waals surface area contributed by atoms with E-state index in [0.29, 0.717) is 11.1 Å². The fourth-order valence-electron chi connectivity index (χ4n) is 2.80. The van der Waals surface area contributed by atoms with Crippen molar-refractivity contribution in [2.75, 3.05) is 6.61 Å². The first-order chi connectivity index (χ1) is 11.8. The molecule has 1 saturated heterocycles. The van der Waals surface area contributed by atoms with E-state index in [4.69, 9.17) is 13.9 Å². The largest absolute Gasteiger partial charge is 0.462 e. The SMILES string of the molecule is Cc1c(C)c2ccc(O[C@@H]3O[C@H](CO)[C@@H](O)[C@H](O)[C@H]3O)cc2oc1=O. The van der Waals surface area contributed by atoms with Crippen LogP contribution in [0.2, 0.25) is 0 Å². The lowest BCUT2D eigenvalue weighted by atomic mass is 9.99. The number of aryl methyl sites for hydroxylation is 1. The van der Waals surface area contributed by atoms with Gasteiger partial charge in [0.15, 0.2) is 0 Å². The molecule has 25 heavy (non-hydrogen) atoms. The van der Waals surface area contributed by atoms with Gasteiger partial charge in [-0.05, 0) is 31.5 Å². The van der Waals surface area contributed by atoms with Crippen molar-refractivity contribution in [2.45, 2.75) is 44.6 Å². The quantitative estimate of drug-likeness (QED) is 0.549. The third kappa shape index (κ3) is 3.14. The summed E-state index contributed by atoms with van der Waals surface area (Å²) in [6, 6.07) is 4.79. The lowest BCUT2D eigenvalue weighted by molar-refractivity contribution is -0.277. The van der Waals surface area contributed by atoms with Gasteiger partial charge in [-0.2, -0.15) is 0 Å². The highest BCUT2D eigenvalue weighted by atomic mass is 16.7. The Hall–Kier alpha value is -1.97. The molecule has 0 unspecified atom stereocenters. The van der Waals surface area contributed by atoms with Crippen LogP contribution in [0.15, 0.2) is 27.4 Å². The van der Waals surface area contributed by atoms with Gasteiger partial charge in [0.2, 0.25) is 6.29 Å². The lowest BCUT2D eigenvalue weighted by Gasteiger charge is -2.39. The van der Waals surface area contributed by atoms with Crippen molar-refractivity contribution in [1.82, 2.24) is 0 Å². The number of aliphatic hydroxyl groups excluding tert-OH is 4. The summed E-state index contributed by atoms with van der Waals surface area (Å²) in [5.41, 5.74) is 1.19. The topological polar surface area (TPSA) is 130 Å². The van der Waals surface area contributed by atoms with Crippen LogP contribution in [-0.4, -0.2) is 57.7 Å². The Bertz CT molecular complexity index is 827. The van der Waals surface area contributed by atoms with Crippen LogP contribution in [0.4, 0.5) is 0 Å². The first-order valence-electron chi connectivity index (χ1n) is 7.84. The molecule has 1 aliphatic heterocycles. The van der Waals surface area contributed by atoms with E-state index in [1.54, 1.807) is 19.1 Å². The molecule has 2 aromatic rings. The highest BCUT2D eigenvalue weighted by Gasteiger charge is 2.44. The van der Waals surface area contributed by atoms with E-state index in [9.17, 15) is 25.2 Å². The summed E-state index contributed by atoms with van der Waals surface area (Å²) in [4.78, 5) is 11.8. The van der Waals surface area contributed by atoms with Crippen LogP contribution >= 0.6 is 0 Å². The molecule has 1 aliphatic rings. The van der Waals surface area contributed by atoms with Crippen LogP contribution < -0.4 is 10.4 Å². The minimum Gasteiger partial charge on any atom is -0.462 e. The molecule has 1 aromatic heterocycles. The zero-order chi connectivity index (χ0) is 18.3. The molecule has 1 aromatic carbocycles. The molecule has 136 valence electrons. The summed E-state index contributed by atoms with van der Waals surface area (Å²) in [6.45, 7) is 2.95. The van der Waals surface area contributed by atoms with Crippen molar-refractivity contribution in [2.24, 2.45) is 0 Å². The van der Waals surface area contributed by atoms with Crippen molar-refractivity contribution in [3.63, 3.8) is 0 Å². The van der Waals surface area contributed by atoms with Crippen LogP contribution in [0, 0.1) is 13.8 Å². The highest BCUT2D eigenvalue weighted by Crippen LogP contribution is 2.28. The first kappa shape index (κ1) is 17.8. The number of aliphatic hydroxyl groups is 4. The normalized spacial score (nSPS) is 29.8. The number of hydrogen-bond donors (Lipinski definition) is 4. The summed E-state index contributed by atoms with van der Waals surface area (Å²) in [6.07, 6.45) is -6.86. The Morgan fingerprint density at radius 1 is 1.08 bits per heavy atom.